The van der Waals surface area contributed by atoms with Crippen LogP contribution >= 0.6 is 0 Å². The highest BCUT2D eigenvalue weighted by molar-refractivity contribution is 5.68. The van der Waals surface area contributed by atoms with Crippen molar-refractivity contribution in [2.24, 2.45) is 0 Å². The average Bonchev–Trinajstić information content (AvgIpc) is 2.79. The first-order chi connectivity index (χ1) is 9.35. The number of carbonyl (C=O) groups excluding carboxylic acids is 1. The van der Waals surface area contributed by atoms with Crippen molar-refractivity contribution in [3.05, 3.63) is 18.0 Å². The predicted molar refractivity (Wildman–Crippen MR) is 74.2 cm³/mol. The molecule has 1 aliphatic heterocycles. The van der Waals surface area contributed by atoms with Crippen LogP contribution in [0.4, 0.5) is 4.79 Å². The summed E-state index contributed by atoms with van der Waals surface area (Å²) in [7, 11) is 0. The molecule has 0 aromatic carbocycles. The van der Waals surface area contributed by atoms with E-state index >= 15 is 0 Å². The number of nitrogens with zero attached hydrogens (tertiary/aromatic N) is 3. The number of piperazine rings is 1. The molecule has 6 nitrogen and oxygen atoms in total. The lowest BCUT2D eigenvalue weighted by Crippen LogP contribution is -2.54. The summed E-state index contributed by atoms with van der Waals surface area (Å²) in [5.74, 6) is 0. The number of hydrogen-bond acceptors (Lipinski definition) is 5. The van der Waals surface area contributed by atoms with Gasteiger partial charge in [0.25, 0.3) is 0 Å². The first-order valence-corrected chi connectivity index (χ1v) is 6.96. The fourth-order valence-corrected chi connectivity index (χ4v) is 2.32. The van der Waals surface area contributed by atoms with E-state index in [1.807, 2.05) is 33.8 Å². The molecule has 6 heteroatoms. The monoisotopic (exact) mass is 281 g/mol. The second-order valence-electron chi connectivity index (χ2n) is 6.25. The number of amides is 1. The van der Waals surface area contributed by atoms with Crippen molar-refractivity contribution in [1.82, 2.24) is 15.0 Å². The average molecular weight is 281 g/mol. The Morgan fingerprint density at radius 2 is 2.25 bits per heavy atom. The number of aromatic nitrogens is 1. The Bertz CT molecular complexity index is 439. The molecule has 1 fully saturated rings. The Labute approximate surface area is 119 Å². The van der Waals surface area contributed by atoms with Gasteiger partial charge in [-0.2, -0.15) is 0 Å². The summed E-state index contributed by atoms with van der Waals surface area (Å²) < 4.78 is 10.3. The highest BCUT2D eigenvalue weighted by Gasteiger charge is 2.30. The summed E-state index contributed by atoms with van der Waals surface area (Å²) in [6, 6.07) is 2.00. The summed E-state index contributed by atoms with van der Waals surface area (Å²) in [5.41, 5.74) is 0.470. The highest BCUT2D eigenvalue weighted by atomic mass is 16.6. The molecule has 20 heavy (non-hydrogen) atoms. The lowest BCUT2D eigenvalue weighted by Gasteiger charge is -2.39. The van der Waals surface area contributed by atoms with Gasteiger partial charge in [-0.15, -0.1) is 0 Å². The normalized spacial score (nSPS) is 21.0. The van der Waals surface area contributed by atoms with Crippen LogP contribution in [0.5, 0.6) is 0 Å². The van der Waals surface area contributed by atoms with E-state index < -0.39 is 5.60 Å². The van der Waals surface area contributed by atoms with Crippen LogP contribution in [0, 0.1) is 0 Å². The summed E-state index contributed by atoms with van der Waals surface area (Å²) in [6.07, 6.45) is 1.35. The summed E-state index contributed by atoms with van der Waals surface area (Å²) in [5, 5.41) is 3.92. The molecule has 2 rings (SSSR count). The SMILES string of the molecule is C[C@@H]1CN(Cc2ccon2)CCN1C(=O)OC(C)(C)C. The molecule has 2 heterocycles. The van der Waals surface area contributed by atoms with Crippen LogP contribution in [0.1, 0.15) is 33.4 Å². The fraction of sp³-hybridized carbons (Fsp3) is 0.714. The third kappa shape index (κ3) is 3.96. The van der Waals surface area contributed by atoms with E-state index in [4.69, 9.17) is 9.26 Å². The van der Waals surface area contributed by atoms with Crippen molar-refractivity contribution in [3.63, 3.8) is 0 Å². The van der Waals surface area contributed by atoms with Gasteiger partial charge in [-0.3, -0.25) is 4.90 Å². The molecule has 1 aliphatic rings. The van der Waals surface area contributed by atoms with Gasteiger partial charge in [0.2, 0.25) is 0 Å². The molecule has 1 aromatic heterocycles. The summed E-state index contributed by atoms with van der Waals surface area (Å²) in [6.45, 7) is 10.8. The lowest BCUT2D eigenvalue weighted by atomic mass is 10.2. The molecular formula is C14H23N3O3. The topological polar surface area (TPSA) is 58.8 Å². The number of hydrogen-bond donors (Lipinski definition) is 0. The Morgan fingerprint density at radius 1 is 1.50 bits per heavy atom. The van der Waals surface area contributed by atoms with E-state index in [0.29, 0.717) is 6.54 Å². The minimum atomic E-state index is -0.450. The van der Waals surface area contributed by atoms with Gasteiger partial charge >= 0.3 is 6.09 Å². The van der Waals surface area contributed by atoms with E-state index in [0.717, 1.165) is 25.3 Å². The summed E-state index contributed by atoms with van der Waals surface area (Å²) in [4.78, 5) is 16.2. The Kier molecular flexibility index (Phi) is 4.32. The van der Waals surface area contributed by atoms with Crippen LogP contribution in [0.3, 0.4) is 0 Å². The Balaban J connectivity index is 1.87. The van der Waals surface area contributed by atoms with Crippen molar-refractivity contribution >= 4 is 6.09 Å². The van der Waals surface area contributed by atoms with Crippen molar-refractivity contribution in [3.8, 4) is 0 Å². The van der Waals surface area contributed by atoms with E-state index in [1.54, 1.807) is 11.2 Å². The van der Waals surface area contributed by atoms with Crippen LogP contribution in [-0.4, -0.2) is 52.3 Å². The standard InChI is InChI=1S/C14H23N3O3/c1-11-9-16(10-12-5-8-19-15-12)6-7-17(11)13(18)20-14(2,3)4/h5,8,11H,6-7,9-10H2,1-4H3/t11-/m1/s1. The molecule has 1 aromatic rings. The van der Waals surface area contributed by atoms with Crippen LogP contribution in [0.25, 0.3) is 0 Å². The van der Waals surface area contributed by atoms with Gasteiger partial charge in [-0.05, 0) is 27.7 Å². The van der Waals surface area contributed by atoms with Gasteiger partial charge < -0.3 is 14.2 Å². The smallest absolute Gasteiger partial charge is 0.410 e. The molecular weight excluding hydrogens is 258 g/mol. The minimum absolute atomic E-state index is 0.130. The Morgan fingerprint density at radius 3 is 2.80 bits per heavy atom. The molecule has 0 bridgehead atoms. The molecule has 0 spiro atoms. The quantitative estimate of drug-likeness (QED) is 0.831. The molecule has 1 amide bonds. The third-order valence-corrected chi connectivity index (χ3v) is 3.22. The second-order valence-corrected chi connectivity index (χ2v) is 6.25. The van der Waals surface area contributed by atoms with Crippen LogP contribution in [0.2, 0.25) is 0 Å². The van der Waals surface area contributed by atoms with Crippen molar-refractivity contribution in [2.75, 3.05) is 19.6 Å². The van der Waals surface area contributed by atoms with Gasteiger partial charge in [0.05, 0.1) is 5.69 Å². The molecule has 0 aliphatic carbocycles. The van der Waals surface area contributed by atoms with Crippen LogP contribution in [-0.2, 0) is 11.3 Å². The first kappa shape index (κ1) is 14.8. The van der Waals surface area contributed by atoms with Crippen molar-refractivity contribution < 1.29 is 14.1 Å². The molecule has 1 atom stereocenters. The van der Waals surface area contributed by atoms with Gasteiger partial charge in [-0.25, -0.2) is 4.79 Å². The minimum Gasteiger partial charge on any atom is -0.444 e. The van der Waals surface area contributed by atoms with Crippen LogP contribution < -0.4 is 0 Å². The van der Waals surface area contributed by atoms with Gasteiger partial charge in [0.1, 0.15) is 11.9 Å². The van der Waals surface area contributed by atoms with E-state index in [1.165, 1.54) is 0 Å². The van der Waals surface area contributed by atoms with Gasteiger partial charge in [0.15, 0.2) is 0 Å². The van der Waals surface area contributed by atoms with E-state index in [2.05, 4.69) is 10.1 Å². The van der Waals surface area contributed by atoms with Gasteiger partial charge in [0, 0.05) is 38.3 Å². The molecule has 0 N–H and O–H groups in total. The molecule has 0 unspecified atom stereocenters. The zero-order chi connectivity index (χ0) is 14.8. The van der Waals surface area contributed by atoms with E-state index in [9.17, 15) is 4.79 Å². The van der Waals surface area contributed by atoms with Crippen LogP contribution in [0.15, 0.2) is 16.9 Å². The van der Waals surface area contributed by atoms with Crippen molar-refractivity contribution in [2.45, 2.75) is 45.9 Å². The largest absolute Gasteiger partial charge is 0.444 e. The zero-order valence-corrected chi connectivity index (χ0v) is 12.6. The van der Waals surface area contributed by atoms with E-state index in [-0.39, 0.29) is 12.1 Å². The second kappa shape index (κ2) is 5.83. The number of ether oxygens (including phenoxy) is 1. The highest BCUT2D eigenvalue weighted by Crippen LogP contribution is 2.16. The lowest BCUT2D eigenvalue weighted by molar-refractivity contribution is 0.000340. The molecule has 112 valence electrons. The first-order valence-electron chi connectivity index (χ1n) is 6.96. The maximum atomic E-state index is 12.1. The number of rotatable bonds is 2. The summed E-state index contributed by atoms with van der Waals surface area (Å²) >= 11 is 0. The fourth-order valence-electron chi connectivity index (χ4n) is 2.32. The molecule has 0 radical (unpaired) electrons. The molecule has 1 saturated heterocycles. The Hall–Kier alpha value is -1.56. The van der Waals surface area contributed by atoms with Gasteiger partial charge in [-0.1, -0.05) is 5.16 Å². The maximum Gasteiger partial charge on any atom is 0.410 e. The maximum absolute atomic E-state index is 12.1. The van der Waals surface area contributed by atoms with Crippen molar-refractivity contribution in [1.29, 1.82) is 0 Å². The number of carbonyl (C=O) groups is 1. The predicted octanol–water partition coefficient (Wildman–Crippen LogP) is 2.12. The molecule has 0 saturated carbocycles. The third-order valence-electron chi connectivity index (χ3n) is 3.22. The zero-order valence-electron chi connectivity index (χ0n) is 12.6.